The zero-order valence-corrected chi connectivity index (χ0v) is 10.3. The molecule has 17 heavy (non-hydrogen) atoms. The lowest BCUT2D eigenvalue weighted by atomic mass is 9.93. The van der Waals surface area contributed by atoms with Crippen molar-refractivity contribution in [1.29, 1.82) is 0 Å². The molecule has 3 rings (SSSR count). The first-order valence-corrected chi connectivity index (χ1v) is 5.90. The van der Waals surface area contributed by atoms with Gasteiger partial charge in [-0.25, -0.2) is 0 Å². The van der Waals surface area contributed by atoms with E-state index in [2.05, 4.69) is 15.9 Å². The molecule has 1 aromatic rings. The third-order valence-corrected chi connectivity index (χ3v) is 3.83. The zero-order valence-electron chi connectivity index (χ0n) is 8.70. The molecular formula is C11H9BrO5. The van der Waals surface area contributed by atoms with Crippen LogP contribution in [0.25, 0.3) is 0 Å². The third kappa shape index (κ3) is 1.33. The standard InChI is InChI=1S/C11H9BrO5/c12-5-3-6-9(17-4-16-6)7(8(5)13)11(1-2-11)10(14)15/h3,13H,1-2,4H2,(H,14,15). The number of aromatic hydroxyl groups is 1. The van der Waals surface area contributed by atoms with Gasteiger partial charge in [0.2, 0.25) is 6.79 Å². The first kappa shape index (κ1) is 10.7. The minimum Gasteiger partial charge on any atom is -0.506 e. The maximum absolute atomic E-state index is 11.3. The smallest absolute Gasteiger partial charge is 0.314 e. The summed E-state index contributed by atoms with van der Waals surface area (Å²) < 4.78 is 10.9. The van der Waals surface area contributed by atoms with Crippen molar-refractivity contribution < 1.29 is 24.5 Å². The highest BCUT2D eigenvalue weighted by atomic mass is 79.9. The zero-order chi connectivity index (χ0) is 12.2. The van der Waals surface area contributed by atoms with Crippen LogP contribution in [0.5, 0.6) is 17.2 Å². The van der Waals surface area contributed by atoms with Gasteiger partial charge >= 0.3 is 5.97 Å². The summed E-state index contributed by atoms with van der Waals surface area (Å²) in [5, 5.41) is 19.3. The highest BCUT2D eigenvalue weighted by molar-refractivity contribution is 9.10. The quantitative estimate of drug-likeness (QED) is 0.874. The van der Waals surface area contributed by atoms with E-state index in [9.17, 15) is 15.0 Å². The van der Waals surface area contributed by atoms with Crippen LogP contribution in [0.1, 0.15) is 18.4 Å². The van der Waals surface area contributed by atoms with E-state index in [0.717, 1.165) is 0 Å². The van der Waals surface area contributed by atoms with E-state index in [1.807, 2.05) is 0 Å². The SMILES string of the molecule is O=C(O)C1(c2c(O)c(Br)cc3c2OCO3)CC1. The maximum Gasteiger partial charge on any atom is 0.314 e. The number of hydrogen-bond donors (Lipinski definition) is 2. The molecule has 1 aliphatic heterocycles. The first-order valence-electron chi connectivity index (χ1n) is 5.11. The van der Waals surface area contributed by atoms with Gasteiger partial charge in [-0.05, 0) is 28.8 Å². The molecule has 1 saturated carbocycles. The molecule has 5 nitrogen and oxygen atoms in total. The summed E-state index contributed by atoms with van der Waals surface area (Å²) >= 11 is 3.19. The van der Waals surface area contributed by atoms with E-state index < -0.39 is 11.4 Å². The molecule has 0 spiro atoms. The van der Waals surface area contributed by atoms with Crippen LogP contribution in [0.2, 0.25) is 0 Å². The molecule has 0 aromatic heterocycles. The van der Waals surface area contributed by atoms with Crippen molar-refractivity contribution in [2.75, 3.05) is 6.79 Å². The Labute approximate surface area is 105 Å². The number of phenols is 1. The van der Waals surface area contributed by atoms with E-state index in [1.54, 1.807) is 6.07 Å². The van der Waals surface area contributed by atoms with Crippen LogP contribution in [0, 0.1) is 0 Å². The first-order chi connectivity index (χ1) is 8.06. The normalized spacial score (nSPS) is 19.1. The number of aliphatic carboxylic acids is 1. The number of carboxylic acids is 1. The molecule has 2 aliphatic rings. The summed E-state index contributed by atoms with van der Waals surface area (Å²) in [6.07, 6.45) is 1.00. The van der Waals surface area contributed by atoms with E-state index in [4.69, 9.17) is 9.47 Å². The van der Waals surface area contributed by atoms with Gasteiger partial charge in [0.05, 0.1) is 10.0 Å². The van der Waals surface area contributed by atoms with Gasteiger partial charge in [0, 0.05) is 6.07 Å². The number of hydrogen-bond acceptors (Lipinski definition) is 4. The van der Waals surface area contributed by atoms with Gasteiger partial charge in [-0.15, -0.1) is 0 Å². The molecule has 0 atom stereocenters. The number of halogens is 1. The van der Waals surface area contributed by atoms with Crippen molar-refractivity contribution in [3.63, 3.8) is 0 Å². The topological polar surface area (TPSA) is 76.0 Å². The van der Waals surface area contributed by atoms with Gasteiger partial charge in [0.15, 0.2) is 11.5 Å². The molecule has 2 N–H and O–H groups in total. The maximum atomic E-state index is 11.3. The second-order valence-corrected chi connectivity index (χ2v) is 5.06. The Bertz CT molecular complexity index is 521. The van der Waals surface area contributed by atoms with Gasteiger partial charge in [-0.2, -0.15) is 0 Å². The summed E-state index contributed by atoms with van der Waals surface area (Å²) in [7, 11) is 0. The van der Waals surface area contributed by atoms with Crippen molar-refractivity contribution >= 4 is 21.9 Å². The fourth-order valence-electron chi connectivity index (χ4n) is 2.14. The molecule has 0 amide bonds. The minimum atomic E-state index is -1.02. The summed E-state index contributed by atoms with van der Waals surface area (Å²) in [5.74, 6) is -0.194. The Morgan fingerprint density at radius 2 is 2.12 bits per heavy atom. The van der Waals surface area contributed by atoms with E-state index in [1.165, 1.54) is 0 Å². The van der Waals surface area contributed by atoms with Gasteiger partial charge < -0.3 is 19.7 Å². The van der Waals surface area contributed by atoms with E-state index >= 15 is 0 Å². The molecule has 0 saturated heterocycles. The van der Waals surface area contributed by atoms with Crippen LogP contribution >= 0.6 is 15.9 Å². The Kier molecular flexibility index (Phi) is 2.07. The minimum absolute atomic E-state index is 0.0495. The Hall–Kier alpha value is -1.43. The van der Waals surface area contributed by atoms with Gasteiger partial charge in [0.1, 0.15) is 11.2 Å². The summed E-state index contributed by atoms with van der Waals surface area (Å²) in [6, 6.07) is 1.58. The number of ether oxygens (including phenoxy) is 2. The Morgan fingerprint density at radius 3 is 2.71 bits per heavy atom. The fourth-order valence-corrected chi connectivity index (χ4v) is 2.55. The van der Waals surface area contributed by atoms with Crippen molar-refractivity contribution in [3.8, 4) is 17.2 Å². The van der Waals surface area contributed by atoms with E-state index in [0.29, 0.717) is 34.4 Å². The van der Waals surface area contributed by atoms with Crippen molar-refractivity contribution in [2.45, 2.75) is 18.3 Å². The van der Waals surface area contributed by atoms with Gasteiger partial charge in [0.25, 0.3) is 0 Å². The highest BCUT2D eigenvalue weighted by Crippen LogP contribution is 2.59. The lowest BCUT2D eigenvalue weighted by Crippen LogP contribution is -2.20. The molecule has 6 heteroatoms. The van der Waals surface area contributed by atoms with Crippen LogP contribution in [-0.2, 0) is 10.2 Å². The summed E-state index contributed by atoms with van der Waals surface area (Å²) in [6.45, 7) is 0.0495. The lowest BCUT2D eigenvalue weighted by molar-refractivity contribution is -0.140. The van der Waals surface area contributed by atoms with Crippen molar-refractivity contribution in [1.82, 2.24) is 0 Å². The number of carbonyl (C=O) groups is 1. The molecule has 1 heterocycles. The van der Waals surface area contributed by atoms with Crippen LogP contribution in [0.15, 0.2) is 10.5 Å². The second kappa shape index (κ2) is 3.29. The van der Waals surface area contributed by atoms with E-state index in [-0.39, 0.29) is 12.5 Å². The number of phenolic OH excluding ortho intramolecular Hbond substituents is 1. The molecule has 90 valence electrons. The third-order valence-electron chi connectivity index (χ3n) is 3.23. The molecular weight excluding hydrogens is 292 g/mol. The Balaban J connectivity index is 2.26. The average Bonchev–Trinajstić information content (AvgIpc) is 2.95. The van der Waals surface area contributed by atoms with Crippen LogP contribution in [-0.4, -0.2) is 23.0 Å². The Morgan fingerprint density at radius 1 is 1.41 bits per heavy atom. The molecule has 0 radical (unpaired) electrons. The summed E-state index contributed by atoms with van der Waals surface area (Å²) in [5.41, 5.74) is -0.696. The molecule has 0 unspecified atom stereocenters. The lowest BCUT2D eigenvalue weighted by Gasteiger charge is -2.15. The molecule has 1 fully saturated rings. The van der Waals surface area contributed by atoms with Gasteiger partial charge in [-0.3, -0.25) is 4.79 Å². The number of rotatable bonds is 2. The second-order valence-electron chi connectivity index (χ2n) is 4.20. The van der Waals surface area contributed by atoms with Crippen LogP contribution in [0.4, 0.5) is 0 Å². The fraction of sp³-hybridized carbons (Fsp3) is 0.364. The number of benzene rings is 1. The average molecular weight is 301 g/mol. The van der Waals surface area contributed by atoms with Crippen molar-refractivity contribution in [2.24, 2.45) is 0 Å². The van der Waals surface area contributed by atoms with Crippen molar-refractivity contribution in [3.05, 3.63) is 16.1 Å². The van der Waals surface area contributed by atoms with Crippen LogP contribution < -0.4 is 9.47 Å². The highest BCUT2D eigenvalue weighted by Gasteiger charge is 2.56. The van der Waals surface area contributed by atoms with Gasteiger partial charge in [-0.1, -0.05) is 0 Å². The summed E-state index contributed by atoms with van der Waals surface area (Å²) in [4.78, 5) is 11.3. The monoisotopic (exact) mass is 300 g/mol. The molecule has 1 aromatic carbocycles. The predicted octanol–water partition coefficient (Wildman–Crippen LogP) is 2.00. The predicted molar refractivity (Wildman–Crippen MR) is 60.5 cm³/mol. The molecule has 0 bridgehead atoms. The molecule has 1 aliphatic carbocycles. The largest absolute Gasteiger partial charge is 0.506 e. The number of fused-ring (bicyclic) bond motifs is 1. The number of carboxylic acid groups (broad SMARTS) is 1. The van der Waals surface area contributed by atoms with Crippen LogP contribution in [0.3, 0.4) is 0 Å².